The normalized spacial score (nSPS) is 34.1. The van der Waals surface area contributed by atoms with Gasteiger partial charge in [0, 0.05) is 23.6 Å². The summed E-state index contributed by atoms with van der Waals surface area (Å²) >= 11 is 2.01. The second-order valence-electron chi connectivity index (χ2n) is 3.33. The molecular weight excluding hydrogens is 158 g/mol. The third-order valence-electron chi connectivity index (χ3n) is 1.90. The molecule has 1 saturated heterocycles. The van der Waals surface area contributed by atoms with Crippen LogP contribution in [0.1, 0.15) is 20.3 Å². The standard InChI is InChI=1S/C8H17NOS/c1-6(10)4-9-8-3-7(2)11-5-8/h6-10H,3-5H2,1-2H3/t6-,7?,8?/m0/s1. The second-order valence-corrected chi connectivity index (χ2v) is 4.81. The van der Waals surface area contributed by atoms with E-state index in [1.807, 2.05) is 18.7 Å². The lowest BCUT2D eigenvalue weighted by Crippen LogP contribution is -2.34. The summed E-state index contributed by atoms with van der Waals surface area (Å²) in [5.41, 5.74) is 0. The van der Waals surface area contributed by atoms with E-state index in [9.17, 15) is 0 Å². The molecule has 1 aliphatic heterocycles. The fraction of sp³-hybridized carbons (Fsp3) is 1.00. The van der Waals surface area contributed by atoms with Gasteiger partial charge in [-0.25, -0.2) is 0 Å². The van der Waals surface area contributed by atoms with Gasteiger partial charge in [-0.3, -0.25) is 0 Å². The van der Waals surface area contributed by atoms with Crippen LogP contribution in [0.2, 0.25) is 0 Å². The summed E-state index contributed by atoms with van der Waals surface area (Å²) in [6.45, 7) is 4.81. The molecule has 3 heteroatoms. The summed E-state index contributed by atoms with van der Waals surface area (Å²) in [6.07, 6.45) is 1.04. The molecule has 1 fully saturated rings. The summed E-state index contributed by atoms with van der Waals surface area (Å²) in [5.74, 6) is 1.20. The molecule has 11 heavy (non-hydrogen) atoms. The number of rotatable bonds is 3. The summed E-state index contributed by atoms with van der Waals surface area (Å²) in [5, 5.41) is 13.1. The van der Waals surface area contributed by atoms with Gasteiger partial charge in [0.1, 0.15) is 0 Å². The van der Waals surface area contributed by atoms with Gasteiger partial charge in [0.15, 0.2) is 0 Å². The van der Waals surface area contributed by atoms with Crippen molar-refractivity contribution in [1.29, 1.82) is 0 Å². The van der Waals surface area contributed by atoms with Gasteiger partial charge in [-0.1, -0.05) is 6.92 Å². The van der Waals surface area contributed by atoms with E-state index in [0.29, 0.717) is 6.04 Å². The molecule has 0 spiro atoms. The average Bonchev–Trinajstić information content (AvgIpc) is 2.31. The Morgan fingerprint density at radius 3 is 2.91 bits per heavy atom. The van der Waals surface area contributed by atoms with Crippen LogP contribution in [0.15, 0.2) is 0 Å². The van der Waals surface area contributed by atoms with Gasteiger partial charge in [-0.15, -0.1) is 0 Å². The van der Waals surface area contributed by atoms with Gasteiger partial charge >= 0.3 is 0 Å². The summed E-state index contributed by atoms with van der Waals surface area (Å²) in [4.78, 5) is 0. The minimum absolute atomic E-state index is 0.212. The maximum absolute atomic E-state index is 9.01. The highest BCUT2D eigenvalue weighted by Crippen LogP contribution is 2.25. The van der Waals surface area contributed by atoms with Gasteiger partial charge in [-0.2, -0.15) is 11.8 Å². The largest absolute Gasteiger partial charge is 0.392 e. The van der Waals surface area contributed by atoms with E-state index < -0.39 is 0 Å². The summed E-state index contributed by atoms with van der Waals surface area (Å²) in [7, 11) is 0. The number of aliphatic hydroxyl groups is 1. The Labute approximate surface area is 72.8 Å². The van der Waals surface area contributed by atoms with Crippen molar-refractivity contribution in [3.05, 3.63) is 0 Å². The zero-order valence-corrected chi connectivity index (χ0v) is 8.03. The first-order valence-electron chi connectivity index (χ1n) is 4.21. The minimum Gasteiger partial charge on any atom is -0.392 e. The Hall–Kier alpha value is 0.270. The SMILES string of the molecule is CC1CC(NC[C@H](C)O)CS1. The van der Waals surface area contributed by atoms with Crippen molar-refractivity contribution in [2.24, 2.45) is 0 Å². The lowest BCUT2D eigenvalue weighted by atomic mass is 10.2. The first-order chi connectivity index (χ1) is 5.18. The molecule has 0 aromatic carbocycles. The molecule has 2 nitrogen and oxygen atoms in total. The maximum atomic E-state index is 9.01. The Balaban J connectivity index is 2.08. The van der Waals surface area contributed by atoms with Crippen molar-refractivity contribution in [3.63, 3.8) is 0 Å². The van der Waals surface area contributed by atoms with Gasteiger partial charge in [0.25, 0.3) is 0 Å². The van der Waals surface area contributed by atoms with E-state index in [1.165, 1.54) is 12.2 Å². The average molecular weight is 175 g/mol. The van der Waals surface area contributed by atoms with Crippen LogP contribution < -0.4 is 5.32 Å². The Kier molecular flexibility index (Phi) is 3.69. The van der Waals surface area contributed by atoms with E-state index in [-0.39, 0.29) is 6.10 Å². The van der Waals surface area contributed by atoms with Crippen LogP contribution >= 0.6 is 11.8 Å². The number of hydrogen-bond acceptors (Lipinski definition) is 3. The number of thioether (sulfide) groups is 1. The van der Waals surface area contributed by atoms with Crippen molar-refractivity contribution < 1.29 is 5.11 Å². The van der Waals surface area contributed by atoms with Crippen LogP contribution in [0.3, 0.4) is 0 Å². The van der Waals surface area contributed by atoms with E-state index in [4.69, 9.17) is 5.11 Å². The molecule has 0 aromatic heterocycles. The first-order valence-corrected chi connectivity index (χ1v) is 5.26. The quantitative estimate of drug-likeness (QED) is 0.667. The van der Waals surface area contributed by atoms with Gasteiger partial charge in [0.05, 0.1) is 6.10 Å². The maximum Gasteiger partial charge on any atom is 0.0636 e. The van der Waals surface area contributed by atoms with Crippen LogP contribution in [0.5, 0.6) is 0 Å². The van der Waals surface area contributed by atoms with Crippen LogP contribution in [0.4, 0.5) is 0 Å². The first kappa shape index (κ1) is 9.36. The zero-order chi connectivity index (χ0) is 8.27. The molecule has 0 bridgehead atoms. The summed E-state index contributed by atoms with van der Waals surface area (Å²) < 4.78 is 0. The predicted octanol–water partition coefficient (Wildman–Crippen LogP) is 0.851. The monoisotopic (exact) mass is 175 g/mol. The van der Waals surface area contributed by atoms with Crippen LogP contribution in [0.25, 0.3) is 0 Å². The third-order valence-corrected chi connectivity index (χ3v) is 3.26. The zero-order valence-electron chi connectivity index (χ0n) is 7.21. The number of hydrogen-bond donors (Lipinski definition) is 2. The van der Waals surface area contributed by atoms with Crippen molar-refractivity contribution >= 4 is 11.8 Å². The molecule has 2 N–H and O–H groups in total. The third kappa shape index (κ3) is 3.45. The fourth-order valence-corrected chi connectivity index (χ4v) is 2.48. The van der Waals surface area contributed by atoms with Crippen molar-refractivity contribution in [2.45, 2.75) is 37.7 Å². The fourth-order valence-electron chi connectivity index (χ4n) is 1.30. The molecule has 0 aromatic rings. The molecule has 2 unspecified atom stereocenters. The Morgan fingerprint density at radius 2 is 2.45 bits per heavy atom. The second kappa shape index (κ2) is 4.33. The van der Waals surface area contributed by atoms with E-state index in [1.54, 1.807) is 0 Å². The molecule has 3 atom stereocenters. The van der Waals surface area contributed by atoms with Crippen molar-refractivity contribution in [3.8, 4) is 0 Å². The van der Waals surface area contributed by atoms with Gasteiger partial charge in [0.2, 0.25) is 0 Å². The highest BCUT2D eigenvalue weighted by Gasteiger charge is 2.21. The van der Waals surface area contributed by atoms with Gasteiger partial charge < -0.3 is 10.4 Å². The smallest absolute Gasteiger partial charge is 0.0636 e. The topological polar surface area (TPSA) is 32.3 Å². The molecule has 1 aliphatic rings. The van der Waals surface area contributed by atoms with E-state index in [2.05, 4.69) is 12.2 Å². The molecular formula is C8H17NOS. The van der Waals surface area contributed by atoms with E-state index in [0.717, 1.165) is 11.8 Å². The molecule has 66 valence electrons. The van der Waals surface area contributed by atoms with Crippen molar-refractivity contribution in [2.75, 3.05) is 12.3 Å². The van der Waals surface area contributed by atoms with Crippen LogP contribution in [-0.2, 0) is 0 Å². The van der Waals surface area contributed by atoms with Crippen LogP contribution in [0, 0.1) is 0 Å². The lowest BCUT2D eigenvalue weighted by molar-refractivity contribution is 0.187. The highest BCUT2D eigenvalue weighted by molar-refractivity contribution is 8.00. The molecule has 0 radical (unpaired) electrons. The van der Waals surface area contributed by atoms with E-state index >= 15 is 0 Å². The Bertz CT molecular complexity index is 119. The minimum atomic E-state index is -0.212. The molecule has 1 rings (SSSR count). The highest BCUT2D eigenvalue weighted by atomic mass is 32.2. The summed E-state index contributed by atoms with van der Waals surface area (Å²) in [6, 6.07) is 0.629. The molecule has 0 amide bonds. The predicted molar refractivity (Wildman–Crippen MR) is 50.0 cm³/mol. The number of aliphatic hydroxyl groups excluding tert-OH is 1. The lowest BCUT2D eigenvalue weighted by Gasteiger charge is -2.12. The number of nitrogens with one attached hydrogen (secondary N) is 1. The molecule has 1 heterocycles. The Morgan fingerprint density at radius 1 is 1.73 bits per heavy atom. The van der Waals surface area contributed by atoms with Crippen LogP contribution in [-0.4, -0.2) is 34.8 Å². The van der Waals surface area contributed by atoms with Crippen molar-refractivity contribution in [1.82, 2.24) is 5.32 Å². The van der Waals surface area contributed by atoms with Gasteiger partial charge in [-0.05, 0) is 13.3 Å². The molecule has 0 aliphatic carbocycles. The molecule has 0 saturated carbocycles.